The molecule has 2 N–H and O–H groups in total. The number of ether oxygens (including phenoxy) is 2. The van der Waals surface area contributed by atoms with E-state index in [-0.39, 0.29) is 16.9 Å². The van der Waals surface area contributed by atoms with Crippen LogP contribution in [0.25, 0.3) is 6.08 Å². The molecule has 0 aliphatic carbocycles. The Morgan fingerprint density at radius 2 is 1.72 bits per heavy atom. The van der Waals surface area contributed by atoms with Gasteiger partial charge in [-0.2, -0.15) is 0 Å². The molecule has 2 aromatic rings. The van der Waals surface area contributed by atoms with Crippen LogP contribution in [0.1, 0.15) is 26.3 Å². The van der Waals surface area contributed by atoms with Crippen LogP contribution in [0.4, 0.5) is 0 Å². The van der Waals surface area contributed by atoms with Gasteiger partial charge >= 0.3 is 17.9 Å². The van der Waals surface area contributed by atoms with Gasteiger partial charge in [0, 0.05) is 6.08 Å². The van der Waals surface area contributed by atoms with Gasteiger partial charge in [-0.05, 0) is 42.0 Å². The highest BCUT2D eigenvalue weighted by Crippen LogP contribution is 2.23. The molecule has 0 amide bonds. The van der Waals surface area contributed by atoms with Crippen molar-refractivity contribution in [3.63, 3.8) is 0 Å². The van der Waals surface area contributed by atoms with Crippen molar-refractivity contribution in [3.8, 4) is 11.5 Å². The molecule has 0 aliphatic heterocycles. The summed E-state index contributed by atoms with van der Waals surface area (Å²) in [5.41, 5.74) is 0.550. The Kier molecular flexibility index (Phi) is 5.52. The second-order valence-corrected chi connectivity index (χ2v) is 4.85. The van der Waals surface area contributed by atoms with Crippen molar-refractivity contribution in [1.29, 1.82) is 0 Å². The number of aromatic hydroxyl groups is 1. The van der Waals surface area contributed by atoms with E-state index in [9.17, 15) is 19.5 Å². The van der Waals surface area contributed by atoms with Crippen LogP contribution in [-0.4, -0.2) is 35.2 Å². The first-order chi connectivity index (χ1) is 11.9. The highest BCUT2D eigenvalue weighted by molar-refractivity contribution is 5.93. The number of hydrogen-bond acceptors (Lipinski definition) is 6. The molecular formula is C18H14O7. The van der Waals surface area contributed by atoms with Crippen LogP contribution in [0.3, 0.4) is 0 Å². The Bertz CT molecular complexity index is 835. The lowest BCUT2D eigenvalue weighted by Crippen LogP contribution is -2.09. The molecule has 0 fully saturated rings. The van der Waals surface area contributed by atoms with E-state index in [4.69, 9.17) is 9.84 Å². The Labute approximate surface area is 142 Å². The average molecular weight is 342 g/mol. The van der Waals surface area contributed by atoms with Gasteiger partial charge in [0.25, 0.3) is 0 Å². The molecule has 7 nitrogen and oxygen atoms in total. The maximum atomic E-state index is 12.1. The first-order valence-electron chi connectivity index (χ1n) is 7.05. The monoisotopic (exact) mass is 342 g/mol. The van der Waals surface area contributed by atoms with Gasteiger partial charge in [0.2, 0.25) is 0 Å². The molecule has 0 aromatic heterocycles. The molecule has 128 valence electrons. The van der Waals surface area contributed by atoms with Crippen molar-refractivity contribution >= 4 is 24.0 Å². The summed E-state index contributed by atoms with van der Waals surface area (Å²) in [4.78, 5) is 34.1. The summed E-state index contributed by atoms with van der Waals surface area (Å²) in [5.74, 6) is -2.95. The molecule has 0 unspecified atom stereocenters. The van der Waals surface area contributed by atoms with Crippen LogP contribution < -0.4 is 4.74 Å². The molecular weight excluding hydrogens is 328 g/mol. The molecule has 0 atom stereocenters. The summed E-state index contributed by atoms with van der Waals surface area (Å²) in [6.07, 6.45) is 2.78. The molecule has 0 heterocycles. The van der Waals surface area contributed by atoms with Gasteiger partial charge in [-0.1, -0.05) is 12.1 Å². The van der Waals surface area contributed by atoms with Crippen molar-refractivity contribution in [2.24, 2.45) is 0 Å². The fraction of sp³-hybridized carbons (Fsp3) is 0.0556. The maximum Gasteiger partial charge on any atom is 0.343 e. The number of hydrogen-bond donors (Lipinski definition) is 2. The van der Waals surface area contributed by atoms with Gasteiger partial charge in [0.15, 0.2) is 0 Å². The molecule has 25 heavy (non-hydrogen) atoms. The Morgan fingerprint density at radius 3 is 2.32 bits per heavy atom. The lowest BCUT2D eigenvalue weighted by molar-refractivity contribution is -0.134. The van der Waals surface area contributed by atoms with E-state index in [1.54, 1.807) is 12.1 Å². The fourth-order valence-corrected chi connectivity index (χ4v) is 1.88. The van der Waals surface area contributed by atoms with Gasteiger partial charge in [-0.15, -0.1) is 0 Å². The summed E-state index contributed by atoms with van der Waals surface area (Å²) >= 11 is 0. The van der Waals surface area contributed by atoms with Crippen LogP contribution in [0, 0.1) is 0 Å². The van der Waals surface area contributed by atoms with Gasteiger partial charge in [-0.25, -0.2) is 14.4 Å². The average Bonchev–Trinajstić information content (AvgIpc) is 2.61. The lowest BCUT2D eigenvalue weighted by Gasteiger charge is -2.06. The van der Waals surface area contributed by atoms with E-state index in [0.29, 0.717) is 5.56 Å². The number of carbonyl (C=O) groups is 3. The van der Waals surface area contributed by atoms with Crippen LogP contribution in [0.15, 0.2) is 48.5 Å². The lowest BCUT2D eigenvalue weighted by atomic mass is 10.1. The molecule has 0 bridgehead atoms. The summed E-state index contributed by atoms with van der Waals surface area (Å²) in [5, 5.41) is 18.4. The third-order valence-corrected chi connectivity index (χ3v) is 3.17. The third kappa shape index (κ3) is 4.68. The quantitative estimate of drug-likeness (QED) is 0.488. The SMILES string of the molecule is COC(=O)C=Cc1ccc(C(=O)Oc2ccc(O)c(C(=O)O)c2)cc1. The van der Waals surface area contributed by atoms with E-state index in [2.05, 4.69) is 4.74 Å². The van der Waals surface area contributed by atoms with E-state index in [1.165, 1.54) is 37.5 Å². The van der Waals surface area contributed by atoms with Crippen molar-refractivity contribution in [1.82, 2.24) is 0 Å². The topological polar surface area (TPSA) is 110 Å². The van der Waals surface area contributed by atoms with Crippen molar-refractivity contribution < 1.29 is 34.1 Å². The highest BCUT2D eigenvalue weighted by atomic mass is 16.5. The normalized spacial score (nSPS) is 10.4. The molecule has 7 heteroatoms. The zero-order valence-corrected chi connectivity index (χ0v) is 13.1. The number of carbonyl (C=O) groups excluding carboxylic acids is 2. The Morgan fingerprint density at radius 1 is 1.04 bits per heavy atom. The van der Waals surface area contributed by atoms with Gasteiger partial charge in [-0.3, -0.25) is 0 Å². The van der Waals surface area contributed by atoms with Crippen LogP contribution in [0.2, 0.25) is 0 Å². The smallest absolute Gasteiger partial charge is 0.343 e. The maximum absolute atomic E-state index is 12.1. The summed E-state index contributed by atoms with van der Waals surface area (Å²) in [6, 6.07) is 9.68. The number of rotatable bonds is 5. The van der Waals surface area contributed by atoms with E-state index >= 15 is 0 Å². The Balaban J connectivity index is 2.11. The minimum Gasteiger partial charge on any atom is -0.507 e. The first-order valence-corrected chi connectivity index (χ1v) is 7.05. The predicted molar refractivity (Wildman–Crippen MR) is 87.5 cm³/mol. The van der Waals surface area contributed by atoms with Crippen LogP contribution in [-0.2, 0) is 9.53 Å². The minimum atomic E-state index is -1.34. The number of esters is 2. The third-order valence-electron chi connectivity index (χ3n) is 3.17. The number of carboxylic acid groups (broad SMARTS) is 1. The second-order valence-electron chi connectivity index (χ2n) is 4.85. The van der Waals surface area contributed by atoms with Gasteiger partial charge in [0.05, 0.1) is 12.7 Å². The molecule has 0 saturated heterocycles. The van der Waals surface area contributed by atoms with E-state index < -0.39 is 23.7 Å². The number of carboxylic acids is 1. The van der Waals surface area contributed by atoms with Gasteiger partial charge in [0.1, 0.15) is 17.1 Å². The van der Waals surface area contributed by atoms with Crippen molar-refractivity contribution in [3.05, 3.63) is 65.2 Å². The van der Waals surface area contributed by atoms with Crippen molar-refractivity contribution in [2.75, 3.05) is 7.11 Å². The van der Waals surface area contributed by atoms with E-state index in [0.717, 1.165) is 12.1 Å². The number of benzene rings is 2. The van der Waals surface area contributed by atoms with Crippen LogP contribution in [0.5, 0.6) is 11.5 Å². The number of methoxy groups -OCH3 is 1. The molecule has 2 aromatic carbocycles. The Hall–Kier alpha value is -3.61. The molecule has 0 spiro atoms. The highest BCUT2D eigenvalue weighted by Gasteiger charge is 2.14. The standard InChI is InChI=1S/C18H14O7/c1-24-16(20)9-4-11-2-5-12(6-3-11)18(23)25-13-7-8-15(19)14(10-13)17(21)22/h2-10,19H,1H3,(H,21,22). The molecule has 0 radical (unpaired) electrons. The number of phenols is 1. The number of aromatic carboxylic acids is 1. The minimum absolute atomic E-state index is 0.00476. The summed E-state index contributed by atoms with van der Waals surface area (Å²) in [7, 11) is 1.27. The zero-order chi connectivity index (χ0) is 18.4. The zero-order valence-electron chi connectivity index (χ0n) is 13.1. The molecule has 0 aliphatic rings. The van der Waals surface area contributed by atoms with Gasteiger partial charge < -0.3 is 19.7 Å². The predicted octanol–water partition coefficient (Wildman–Crippen LogP) is 2.50. The second kappa shape index (κ2) is 7.78. The van der Waals surface area contributed by atoms with Crippen molar-refractivity contribution in [2.45, 2.75) is 0 Å². The molecule has 2 rings (SSSR count). The first kappa shape index (κ1) is 17.7. The van der Waals surface area contributed by atoms with Crippen LogP contribution >= 0.6 is 0 Å². The fourth-order valence-electron chi connectivity index (χ4n) is 1.88. The molecule has 0 saturated carbocycles. The summed E-state index contributed by atoms with van der Waals surface area (Å²) in [6.45, 7) is 0. The summed E-state index contributed by atoms with van der Waals surface area (Å²) < 4.78 is 9.57. The van der Waals surface area contributed by atoms with E-state index in [1.807, 2.05) is 0 Å². The largest absolute Gasteiger partial charge is 0.507 e.